The molecular formula is C20H23ClN2O. The Morgan fingerprint density at radius 2 is 2.12 bits per heavy atom. The molecule has 2 aromatic rings. The summed E-state index contributed by atoms with van der Waals surface area (Å²) in [6.07, 6.45) is 2.94. The Balaban J connectivity index is 1.84. The Labute approximate surface area is 148 Å². The third-order valence-corrected chi connectivity index (χ3v) is 5.04. The van der Waals surface area contributed by atoms with Crippen LogP contribution in [0.1, 0.15) is 48.2 Å². The predicted octanol–water partition coefficient (Wildman–Crippen LogP) is 4.36. The van der Waals surface area contributed by atoms with Gasteiger partial charge in [-0.3, -0.25) is 9.78 Å². The number of nitrogens with zero attached hydrogens (tertiary/aromatic N) is 2. The number of aromatic nitrogens is 1. The van der Waals surface area contributed by atoms with Crippen LogP contribution in [0.25, 0.3) is 0 Å². The van der Waals surface area contributed by atoms with Crippen LogP contribution < -0.4 is 0 Å². The average Bonchev–Trinajstić information content (AvgIpc) is 2.56. The molecule has 0 unspecified atom stereocenters. The van der Waals surface area contributed by atoms with Crippen LogP contribution in [0.3, 0.4) is 0 Å². The zero-order chi connectivity index (χ0) is 17.1. The van der Waals surface area contributed by atoms with E-state index in [4.69, 9.17) is 16.6 Å². The van der Waals surface area contributed by atoms with Crippen molar-refractivity contribution in [2.24, 2.45) is 0 Å². The van der Waals surface area contributed by atoms with E-state index in [-0.39, 0.29) is 5.91 Å². The molecule has 0 bridgehead atoms. The first-order valence-corrected chi connectivity index (χ1v) is 8.87. The smallest absolute Gasteiger partial charge is 0.219 e. The lowest BCUT2D eigenvalue weighted by molar-refractivity contribution is -0.130. The van der Waals surface area contributed by atoms with E-state index < -0.39 is 0 Å². The summed E-state index contributed by atoms with van der Waals surface area (Å²) in [5.74, 6) is 0.483. The van der Waals surface area contributed by atoms with Crippen LogP contribution >= 0.6 is 11.6 Å². The van der Waals surface area contributed by atoms with E-state index in [2.05, 4.69) is 18.2 Å². The average molecular weight is 343 g/mol. The minimum atomic E-state index is 0.156. The molecule has 1 saturated heterocycles. The molecule has 1 aliphatic rings. The molecule has 1 atom stereocenters. The quantitative estimate of drug-likeness (QED) is 0.830. The van der Waals surface area contributed by atoms with Gasteiger partial charge in [0.2, 0.25) is 5.91 Å². The van der Waals surface area contributed by atoms with Gasteiger partial charge in [-0.15, -0.1) is 0 Å². The highest BCUT2D eigenvalue weighted by atomic mass is 35.5. The second kappa shape index (κ2) is 7.35. The molecule has 1 fully saturated rings. The Hall–Kier alpha value is -1.87. The van der Waals surface area contributed by atoms with Crippen LogP contribution in [0.2, 0.25) is 5.02 Å². The molecule has 0 aliphatic carbocycles. The van der Waals surface area contributed by atoms with Crippen molar-refractivity contribution in [3.05, 3.63) is 63.9 Å². The van der Waals surface area contributed by atoms with Crippen molar-refractivity contribution in [2.45, 2.75) is 39.0 Å². The fourth-order valence-corrected chi connectivity index (χ4v) is 3.65. The van der Waals surface area contributed by atoms with Gasteiger partial charge >= 0.3 is 0 Å². The Morgan fingerprint density at radius 3 is 2.88 bits per heavy atom. The fourth-order valence-electron chi connectivity index (χ4n) is 3.45. The van der Waals surface area contributed by atoms with E-state index in [0.29, 0.717) is 5.92 Å². The molecule has 3 rings (SSSR count). The Kier molecular flexibility index (Phi) is 5.20. The minimum absolute atomic E-state index is 0.156. The van der Waals surface area contributed by atoms with E-state index in [0.717, 1.165) is 54.3 Å². The summed E-state index contributed by atoms with van der Waals surface area (Å²) >= 11 is 6.30. The van der Waals surface area contributed by atoms with Crippen molar-refractivity contribution >= 4 is 17.5 Å². The first kappa shape index (κ1) is 17.0. The number of halogens is 1. The fraction of sp³-hybridized carbons (Fsp3) is 0.400. The lowest BCUT2D eigenvalue weighted by Gasteiger charge is -2.32. The Morgan fingerprint density at radius 1 is 1.33 bits per heavy atom. The highest BCUT2D eigenvalue weighted by Gasteiger charge is 2.24. The van der Waals surface area contributed by atoms with Gasteiger partial charge in [0.1, 0.15) is 0 Å². The van der Waals surface area contributed by atoms with Gasteiger partial charge in [-0.2, -0.15) is 0 Å². The molecule has 0 radical (unpaired) electrons. The molecular weight excluding hydrogens is 320 g/mol. The zero-order valence-electron chi connectivity index (χ0n) is 14.3. The number of likely N-dealkylation sites (tertiary alicyclic amines) is 1. The summed E-state index contributed by atoms with van der Waals surface area (Å²) in [4.78, 5) is 18.4. The molecule has 24 heavy (non-hydrogen) atoms. The van der Waals surface area contributed by atoms with Crippen molar-refractivity contribution in [3.8, 4) is 0 Å². The van der Waals surface area contributed by atoms with E-state index in [1.54, 1.807) is 6.92 Å². The first-order valence-electron chi connectivity index (χ1n) is 8.49. The molecule has 1 aromatic carbocycles. The number of carbonyl (C=O) groups excluding carboxylic acids is 1. The maximum atomic E-state index is 11.7. The molecule has 1 aromatic heterocycles. The van der Waals surface area contributed by atoms with Crippen LogP contribution in [0.5, 0.6) is 0 Å². The van der Waals surface area contributed by atoms with Crippen molar-refractivity contribution in [2.75, 3.05) is 13.1 Å². The number of carbonyl (C=O) groups is 1. The number of hydrogen-bond acceptors (Lipinski definition) is 2. The maximum absolute atomic E-state index is 11.7. The van der Waals surface area contributed by atoms with Gasteiger partial charge in [0.25, 0.3) is 0 Å². The van der Waals surface area contributed by atoms with E-state index in [1.165, 1.54) is 5.56 Å². The second-order valence-corrected chi connectivity index (χ2v) is 7.02. The van der Waals surface area contributed by atoms with Crippen molar-refractivity contribution < 1.29 is 4.79 Å². The van der Waals surface area contributed by atoms with Gasteiger partial charge in [-0.1, -0.05) is 29.8 Å². The Bertz CT molecular complexity index is 744. The highest BCUT2D eigenvalue weighted by Crippen LogP contribution is 2.28. The van der Waals surface area contributed by atoms with Gasteiger partial charge in [0.15, 0.2) is 0 Å². The molecule has 1 amide bonds. The van der Waals surface area contributed by atoms with Crippen molar-refractivity contribution in [3.63, 3.8) is 0 Å². The summed E-state index contributed by atoms with van der Waals surface area (Å²) < 4.78 is 0. The van der Waals surface area contributed by atoms with Crippen LogP contribution in [-0.2, 0) is 11.2 Å². The largest absolute Gasteiger partial charge is 0.342 e. The molecule has 0 saturated carbocycles. The van der Waals surface area contributed by atoms with E-state index >= 15 is 0 Å². The van der Waals surface area contributed by atoms with Crippen LogP contribution in [-0.4, -0.2) is 28.9 Å². The van der Waals surface area contributed by atoms with E-state index in [9.17, 15) is 4.79 Å². The molecule has 2 heterocycles. The first-order chi connectivity index (χ1) is 11.5. The van der Waals surface area contributed by atoms with Crippen LogP contribution in [0.4, 0.5) is 0 Å². The number of hydrogen-bond donors (Lipinski definition) is 0. The van der Waals surface area contributed by atoms with E-state index in [1.807, 2.05) is 30.0 Å². The summed E-state index contributed by atoms with van der Waals surface area (Å²) in [7, 11) is 0. The number of benzene rings is 1. The third kappa shape index (κ3) is 3.96. The van der Waals surface area contributed by atoms with Crippen molar-refractivity contribution in [1.82, 2.24) is 9.88 Å². The molecule has 0 N–H and O–H groups in total. The summed E-state index contributed by atoms with van der Waals surface area (Å²) in [5, 5.41) is 0.800. The lowest BCUT2D eigenvalue weighted by atomic mass is 9.92. The topological polar surface area (TPSA) is 33.2 Å². The van der Waals surface area contributed by atoms with Gasteiger partial charge in [0, 0.05) is 42.3 Å². The standard InChI is InChI=1S/C20H23ClN2O/c1-14-10-16(11-17-6-3-4-8-19(17)21)12-20(22-14)18-7-5-9-23(13-18)15(2)24/h3-4,6,8,10,12,18H,5,7,9,11,13H2,1-2H3/t18-/m0/s1. The molecule has 0 spiro atoms. The molecule has 1 aliphatic heterocycles. The monoisotopic (exact) mass is 342 g/mol. The number of amides is 1. The number of pyridine rings is 1. The second-order valence-electron chi connectivity index (χ2n) is 6.61. The molecule has 126 valence electrons. The van der Waals surface area contributed by atoms with Gasteiger partial charge in [0.05, 0.1) is 0 Å². The van der Waals surface area contributed by atoms with Gasteiger partial charge in [-0.05, 0) is 55.5 Å². The predicted molar refractivity (Wildman–Crippen MR) is 97.5 cm³/mol. The van der Waals surface area contributed by atoms with Gasteiger partial charge < -0.3 is 4.90 Å². The SMILES string of the molecule is CC(=O)N1CCC[C@H](c2cc(Cc3ccccc3Cl)cc(C)n2)C1. The third-order valence-electron chi connectivity index (χ3n) is 4.67. The highest BCUT2D eigenvalue weighted by molar-refractivity contribution is 6.31. The summed E-state index contributed by atoms with van der Waals surface area (Å²) in [5.41, 5.74) is 4.48. The zero-order valence-corrected chi connectivity index (χ0v) is 15.0. The minimum Gasteiger partial charge on any atom is -0.342 e. The lowest BCUT2D eigenvalue weighted by Crippen LogP contribution is -2.37. The normalized spacial score (nSPS) is 17.8. The number of rotatable bonds is 3. The maximum Gasteiger partial charge on any atom is 0.219 e. The van der Waals surface area contributed by atoms with Crippen molar-refractivity contribution in [1.29, 1.82) is 0 Å². The van der Waals surface area contributed by atoms with Gasteiger partial charge in [-0.25, -0.2) is 0 Å². The molecule has 3 nitrogen and oxygen atoms in total. The van der Waals surface area contributed by atoms with Crippen LogP contribution in [0, 0.1) is 6.92 Å². The summed E-state index contributed by atoms with van der Waals surface area (Å²) in [6.45, 7) is 5.32. The number of aryl methyl sites for hydroxylation is 1. The molecule has 4 heteroatoms. The van der Waals surface area contributed by atoms with Crippen LogP contribution in [0.15, 0.2) is 36.4 Å². The number of piperidine rings is 1. The summed E-state index contributed by atoms with van der Waals surface area (Å²) in [6, 6.07) is 12.3.